The van der Waals surface area contributed by atoms with Crippen LogP contribution in [0, 0.1) is 37.8 Å². The third kappa shape index (κ3) is 5.85. The lowest BCUT2D eigenvalue weighted by Crippen LogP contribution is -2.33. The van der Waals surface area contributed by atoms with E-state index in [0.29, 0.717) is 0 Å². The maximum absolute atomic E-state index is 13.0. The number of sulfonamides is 2. The molecule has 0 bridgehead atoms. The van der Waals surface area contributed by atoms with Crippen molar-refractivity contribution in [3.05, 3.63) is 59.7 Å². The van der Waals surface area contributed by atoms with Crippen molar-refractivity contribution in [3.8, 4) is 23.9 Å². The van der Waals surface area contributed by atoms with E-state index in [-0.39, 0.29) is 9.79 Å². The summed E-state index contributed by atoms with van der Waals surface area (Å²) in [6.45, 7) is 10.6. The van der Waals surface area contributed by atoms with Crippen molar-refractivity contribution >= 4 is 20.0 Å². The monoisotopic (exact) mass is 472 g/mol. The average Bonchev–Trinajstić information content (AvgIpc) is 2.70. The predicted molar refractivity (Wildman–Crippen MR) is 126 cm³/mol. The lowest BCUT2D eigenvalue weighted by atomic mass is 10.2. The molecule has 6 nitrogen and oxygen atoms in total. The number of nitrogens with zero attached hydrogens (tertiary/aromatic N) is 2. The van der Waals surface area contributed by atoms with Crippen LogP contribution in [0.5, 0.6) is 0 Å². The standard InChI is InChI=1S/C24H28N2O4S2/c1-19(2)25(31(27,28)23-13-9-21(5)10-14-23)17-7-8-18-26(20(3)4)32(29,30)24-15-11-22(6)12-16-24/h9-16,19-20H,1-6H3. The van der Waals surface area contributed by atoms with Crippen molar-refractivity contribution in [2.45, 2.75) is 63.4 Å². The molecule has 0 unspecified atom stereocenters. The van der Waals surface area contributed by atoms with E-state index in [1.54, 1.807) is 52.0 Å². The topological polar surface area (TPSA) is 74.8 Å². The highest BCUT2D eigenvalue weighted by Gasteiger charge is 2.25. The molecule has 0 saturated heterocycles. The van der Waals surface area contributed by atoms with Gasteiger partial charge in [-0.2, -0.15) is 0 Å². The zero-order valence-corrected chi connectivity index (χ0v) is 20.8. The first-order valence-corrected chi connectivity index (χ1v) is 13.0. The van der Waals surface area contributed by atoms with Crippen LogP contribution in [0.3, 0.4) is 0 Å². The van der Waals surface area contributed by atoms with E-state index in [1.165, 1.54) is 24.3 Å². The molecule has 0 fully saturated rings. The van der Waals surface area contributed by atoms with E-state index in [2.05, 4.69) is 23.9 Å². The van der Waals surface area contributed by atoms with E-state index in [4.69, 9.17) is 0 Å². The molecule has 2 aromatic carbocycles. The minimum atomic E-state index is -3.85. The fourth-order valence-electron chi connectivity index (χ4n) is 2.75. The summed E-state index contributed by atoms with van der Waals surface area (Å²) >= 11 is 0. The molecule has 0 heterocycles. The molecular weight excluding hydrogens is 444 g/mol. The van der Waals surface area contributed by atoms with Crippen molar-refractivity contribution in [2.24, 2.45) is 0 Å². The van der Waals surface area contributed by atoms with Crippen LogP contribution in [-0.4, -0.2) is 37.5 Å². The number of aryl methyl sites for hydroxylation is 2. The van der Waals surface area contributed by atoms with Crippen molar-refractivity contribution in [1.82, 2.24) is 8.61 Å². The Kier molecular flexibility index (Phi) is 8.01. The average molecular weight is 473 g/mol. The van der Waals surface area contributed by atoms with Crippen LogP contribution >= 0.6 is 0 Å². The Hall–Kier alpha value is -2.94. The molecule has 0 atom stereocenters. The molecule has 2 rings (SSSR count). The minimum absolute atomic E-state index is 0.129. The van der Waals surface area contributed by atoms with Gasteiger partial charge in [-0.25, -0.2) is 25.4 Å². The second-order valence-electron chi connectivity index (χ2n) is 7.89. The summed E-state index contributed by atoms with van der Waals surface area (Å²) in [7, 11) is -7.70. The van der Waals surface area contributed by atoms with E-state index >= 15 is 0 Å². The Bertz CT molecular complexity index is 1170. The largest absolute Gasteiger partial charge is 0.271 e. The summed E-state index contributed by atoms with van der Waals surface area (Å²) in [5.41, 5.74) is 1.89. The number of hydrogen-bond acceptors (Lipinski definition) is 4. The van der Waals surface area contributed by atoms with Gasteiger partial charge in [0.05, 0.1) is 9.79 Å². The fraction of sp³-hybridized carbons (Fsp3) is 0.333. The van der Waals surface area contributed by atoms with Gasteiger partial charge in [-0.1, -0.05) is 35.4 Å². The second kappa shape index (κ2) is 10.1. The van der Waals surface area contributed by atoms with Gasteiger partial charge in [-0.15, -0.1) is 0 Å². The summed E-state index contributed by atoms with van der Waals surface area (Å²) in [6, 6.07) is 17.2. The van der Waals surface area contributed by atoms with Gasteiger partial charge in [0.1, 0.15) is 0 Å². The van der Waals surface area contributed by atoms with Crippen molar-refractivity contribution < 1.29 is 16.8 Å². The predicted octanol–water partition coefficient (Wildman–Crippen LogP) is 3.72. The van der Waals surface area contributed by atoms with Crippen LogP contribution < -0.4 is 0 Å². The zero-order chi connectivity index (χ0) is 24.1. The van der Waals surface area contributed by atoms with E-state index < -0.39 is 32.1 Å². The van der Waals surface area contributed by atoms with Crippen LogP contribution in [0.4, 0.5) is 0 Å². The summed E-state index contributed by atoms with van der Waals surface area (Å²) in [5, 5.41) is 0. The molecule has 0 aliphatic rings. The normalized spacial score (nSPS) is 11.4. The fourth-order valence-corrected chi connectivity index (χ4v) is 5.60. The maximum Gasteiger partial charge on any atom is 0.271 e. The first-order valence-electron chi connectivity index (χ1n) is 10.1. The van der Waals surface area contributed by atoms with Crippen molar-refractivity contribution in [3.63, 3.8) is 0 Å². The lowest BCUT2D eigenvalue weighted by Gasteiger charge is -2.22. The number of rotatable bonds is 6. The number of benzene rings is 2. The van der Waals surface area contributed by atoms with Crippen LogP contribution in [0.2, 0.25) is 0 Å². The molecule has 0 aliphatic carbocycles. The van der Waals surface area contributed by atoms with Gasteiger partial charge in [-0.3, -0.25) is 0 Å². The Labute approximate surface area is 192 Å². The van der Waals surface area contributed by atoms with Gasteiger partial charge in [0.25, 0.3) is 20.0 Å². The highest BCUT2D eigenvalue weighted by atomic mass is 32.2. The van der Waals surface area contributed by atoms with Crippen LogP contribution in [0.1, 0.15) is 38.8 Å². The lowest BCUT2D eigenvalue weighted by molar-refractivity contribution is 0.456. The summed E-state index contributed by atoms with van der Waals surface area (Å²) < 4.78 is 53.9. The first-order chi connectivity index (χ1) is 14.9. The third-order valence-electron chi connectivity index (χ3n) is 4.49. The zero-order valence-electron chi connectivity index (χ0n) is 19.1. The van der Waals surface area contributed by atoms with Gasteiger partial charge < -0.3 is 0 Å². The third-order valence-corrected chi connectivity index (χ3v) is 8.29. The molecule has 0 N–H and O–H groups in total. The summed E-state index contributed by atoms with van der Waals surface area (Å²) in [5.74, 6) is 5.00. The van der Waals surface area contributed by atoms with Crippen LogP contribution in [0.15, 0.2) is 58.3 Å². The maximum atomic E-state index is 13.0. The van der Waals surface area contributed by atoms with E-state index in [0.717, 1.165) is 19.7 Å². The molecule has 2 aromatic rings. The SMILES string of the molecule is Cc1ccc(S(=O)(=O)N(C#CC#CN(C(C)C)S(=O)(=O)c2ccc(C)cc2)C(C)C)cc1. The van der Waals surface area contributed by atoms with Gasteiger partial charge in [-0.05, 0) is 65.8 Å². The summed E-state index contributed by atoms with van der Waals surface area (Å²) in [6.07, 6.45) is 0. The van der Waals surface area contributed by atoms with Gasteiger partial charge in [0.15, 0.2) is 0 Å². The van der Waals surface area contributed by atoms with Crippen molar-refractivity contribution in [1.29, 1.82) is 0 Å². The molecule has 0 aromatic heterocycles. The molecule has 0 radical (unpaired) electrons. The van der Waals surface area contributed by atoms with E-state index in [9.17, 15) is 16.8 Å². The molecule has 0 aliphatic heterocycles. The van der Waals surface area contributed by atoms with Crippen LogP contribution in [0.25, 0.3) is 0 Å². The Morgan fingerprint density at radius 3 is 1.12 bits per heavy atom. The first kappa shape index (κ1) is 25.3. The van der Waals surface area contributed by atoms with Crippen molar-refractivity contribution in [2.75, 3.05) is 0 Å². The Morgan fingerprint density at radius 2 is 0.875 bits per heavy atom. The van der Waals surface area contributed by atoms with E-state index in [1.807, 2.05) is 13.8 Å². The van der Waals surface area contributed by atoms with Gasteiger partial charge in [0.2, 0.25) is 0 Å². The van der Waals surface area contributed by atoms with Gasteiger partial charge in [0, 0.05) is 36.0 Å². The number of hydrogen-bond donors (Lipinski definition) is 0. The second-order valence-corrected chi connectivity index (χ2v) is 11.5. The molecule has 0 amide bonds. The highest BCUT2D eigenvalue weighted by molar-refractivity contribution is 7.89. The molecular formula is C24H28N2O4S2. The van der Waals surface area contributed by atoms with Gasteiger partial charge >= 0.3 is 0 Å². The van der Waals surface area contributed by atoms with Crippen LogP contribution in [-0.2, 0) is 20.0 Å². The molecule has 0 spiro atoms. The smallest absolute Gasteiger partial charge is 0.221 e. The Balaban J connectivity index is 2.38. The minimum Gasteiger partial charge on any atom is -0.221 e. The molecule has 0 saturated carbocycles. The molecule has 32 heavy (non-hydrogen) atoms. The molecule has 8 heteroatoms. The quantitative estimate of drug-likeness (QED) is 0.474. The molecule has 170 valence electrons. The summed E-state index contributed by atoms with van der Waals surface area (Å²) in [4.78, 5) is 0.259. The Morgan fingerprint density at radius 1 is 0.594 bits per heavy atom. The highest BCUT2D eigenvalue weighted by Crippen LogP contribution is 2.19.